The summed E-state index contributed by atoms with van der Waals surface area (Å²) in [5, 5.41) is 5.85. The zero-order valence-corrected chi connectivity index (χ0v) is 18.5. The summed E-state index contributed by atoms with van der Waals surface area (Å²) in [5.41, 5.74) is 1.56. The topological polar surface area (TPSA) is 48.5 Å². The number of aromatic nitrogens is 1. The van der Waals surface area contributed by atoms with Gasteiger partial charge in [-0.2, -0.15) is 13.2 Å². The molecule has 1 N–H and O–H groups in total. The summed E-state index contributed by atoms with van der Waals surface area (Å²) in [6.45, 7) is 2.46. The third-order valence-corrected chi connectivity index (χ3v) is 6.18. The van der Waals surface area contributed by atoms with Gasteiger partial charge in [0.2, 0.25) is 5.91 Å². The number of benzene rings is 2. The molecule has 4 rings (SSSR count). The van der Waals surface area contributed by atoms with Gasteiger partial charge in [-0.25, -0.2) is 4.98 Å². The molecule has 0 radical (unpaired) electrons. The van der Waals surface area contributed by atoms with E-state index in [-0.39, 0.29) is 12.5 Å². The number of piperazine rings is 1. The molecule has 3 aromatic rings. The normalized spacial score (nSPS) is 15.1. The average Bonchev–Trinajstić information content (AvgIpc) is 3.22. The average molecular weight is 481 g/mol. The van der Waals surface area contributed by atoms with Gasteiger partial charge in [0.05, 0.1) is 17.8 Å². The molecule has 10 heteroatoms. The minimum Gasteiger partial charge on any atom is -0.369 e. The standard InChI is InChI=1S/C22H20ClF3N4OS/c23-17-6-4-15(5-7-17)19-14-32-21(27-19)28-20(31)13-29-8-10-30(11-9-29)18-3-1-2-16(12-18)22(24,25)26/h1-7,12,14H,8-11,13H2,(H,27,28,31). The summed E-state index contributed by atoms with van der Waals surface area (Å²) < 4.78 is 38.9. The highest BCUT2D eigenvalue weighted by Gasteiger charge is 2.31. The van der Waals surface area contributed by atoms with Crippen LogP contribution in [0, 0.1) is 0 Å². The summed E-state index contributed by atoms with van der Waals surface area (Å²) in [5.74, 6) is -0.172. The molecule has 0 aliphatic carbocycles. The molecule has 0 saturated carbocycles. The Bertz CT molecular complexity index is 1080. The molecule has 1 aliphatic rings. The van der Waals surface area contributed by atoms with Crippen LogP contribution >= 0.6 is 22.9 Å². The molecule has 0 atom stereocenters. The highest BCUT2D eigenvalue weighted by atomic mass is 35.5. The van der Waals surface area contributed by atoms with Crippen LogP contribution in [0.25, 0.3) is 11.3 Å². The highest BCUT2D eigenvalue weighted by molar-refractivity contribution is 7.14. The number of carbonyl (C=O) groups is 1. The number of hydrogen-bond acceptors (Lipinski definition) is 5. The van der Waals surface area contributed by atoms with Gasteiger partial charge in [0, 0.05) is 47.8 Å². The van der Waals surface area contributed by atoms with Gasteiger partial charge in [-0.05, 0) is 30.3 Å². The number of alkyl halides is 3. The fourth-order valence-electron chi connectivity index (χ4n) is 3.49. The summed E-state index contributed by atoms with van der Waals surface area (Å²) in [6, 6.07) is 12.6. The molecule has 168 valence electrons. The molecule has 1 aliphatic heterocycles. The van der Waals surface area contributed by atoms with E-state index < -0.39 is 11.7 Å². The summed E-state index contributed by atoms with van der Waals surface area (Å²) in [4.78, 5) is 20.8. The maximum Gasteiger partial charge on any atom is 0.416 e. The van der Waals surface area contributed by atoms with Gasteiger partial charge < -0.3 is 10.2 Å². The van der Waals surface area contributed by atoms with E-state index >= 15 is 0 Å². The number of hydrogen-bond donors (Lipinski definition) is 1. The van der Waals surface area contributed by atoms with Crippen molar-refractivity contribution in [1.29, 1.82) is 0 Å². The van der Waals surface area contributed by atoms with Crippen LogP contribution in [0.3, 0.4) is 0 Å². The second kappa shape index (κ2) is 9.48. The molecule has 0 unspecified atom stereocenters. The van der Waals surface area contributed by atoms with E-state index in [0.717, 1.165) is 17.3 Å². The fourth-order valence-corrected chi connectivity index (χ4v) is 4.35. The lowest BCUT2D eigenvalue weighted by Crippen LogP contribution is -2.48. The van der Waals surface area contributed by atoms with Crippen LogP contribution in [0.4, 0.5) is 24.0 Å². The molecule has 5 nitrogen and oxygen atoms in total. The van der Waals surface area contributed by atoms with Crippen LogP contribution < -0.4 is 10.2 Å². The summed E-state index contributed by atoms with van der Waals surface area (Å²) in [7, 11) is 0. The number of amides is 1. The van der Waals surface area contributed by atoms with Gasteiger partial charge in [-0.15, -0.1) is 11.3 Å². The van der Waals surface area contributed by atoms with Crippen molar-refractivity contribution in [3.8, 4) is 11.3 Å². The Morgan fingerprint density at radius 1 is 1.09 bits per heavy atom. The van der Waals surface area contributed by atoms with Crippen LogP contribution in [0.1, 0.15) is 5.56 Å². The Morgan fingerprint density at radius 3 is 2.50 bits per heavy atom. The monoisotopic (exact) mass is 480 g/mol. The molecule has 1 amide bonds. The number of carbonyl (C=O) groups excluding carboxylic acids is 1. The number of nitrogens with one attached hydrogen (secondary N) is 1. The van der Waals surface area contributed by atoms with E-state index in [4.69, 9.17) is 11.6 Å². The summed E-state index contributed by atoms with van der Waals surface area (Å²) >= 11 is 7.25. The van der Waals surface area contributed by atoms with E-state index in [1.165, 1.54) is 23.5 Å². The maximum absolute atomic E-state index is 13.0. The van der Waals surface area contributed by atoms with Crippen molar-refractivity contribution >= 4 is 39.7 Å². The molecular formula is C22H20ClF3N4OS. The fraction of sp³-hybridized carbons (Fsp3) is 0.273. The zero-order chi connectivity index (χ0) is 22.7. The summed E-state index contributed by atoms with van der Waals surface area (Å²) in [6.07, 6.45) is -4.36. The van der Waals surface area contributed by atoms with Gasteiger partial charge in [-0.3, -0.25) is 9.69 Å². The minimum atomic E-state index is -4.36. The Kier molecular flexibility index (Phi) is 6.68. The maximum atomic E-state index is 13.0. The first-order chi connectivity index (χ1) is 15.3. The van der Waals surface area contributed by atoms with Crippen molar-refractivity contribution in [2.75, 3.05) is 42.9 Å². The lowest BCUT2D eigenvalue weighted by atomic mass is 10.1. The number of halogens is 4. The second-order valence-corrected chi connectivity index (χ2v) is 8.70. The van der Waals surface area contributed by atoms with E-state index in [9.17, 15) is 18.0 Å². The Hall–Kier alpha value is -2.62. The number of anilines is 2. The number of rotatable bonds is 5. The van der Waals surface area contributed by atoms with Crippen molar-refractivity contribution in [3.63, 3.8) is 0 Å². The Balaban J connectivity index is 1.28. The largest absolute Gasteiger partial charge is 0.416 e. The smallest absolute Gasteiger partial charge is 0.369 e. The molecule has 2 aromatic carbocycles. The predicted molar refractivity (Wildman–Crippen MR) is 121 cm³/mol. The molecule has 2 heterocycles. The van der Waals surface area contributed by atoms with E-state index in [1.54, 1.807) is 18.2 Å². The Morgan fingerprint density at radius 2 is 1.81 bits per heavy atom. The molecule has 1 fully saturated rings. The quantitative estimate of drug-likeness (QED) is 0.542. The lowest BCUT2D eigenvalue weighted by molar-refractivity contribution is -0.137. The minimum absolute atomic E-state index is 0.172. The zero-order valence-electron chi connectivity index (χ0n) is 16.9. The van der Waals surface area contributed by atoms with Crippen LogP contribution in [0.2, 0.25) is 5.02 Å². The second-order valence-electron chi connectivity index (χ2n) is 7.40. The van der Waals surface area contributed by atoms with Crippen LogP contribution in [0.5, 0.6) is 0 Å². The van der Waals surface area contributed by atoms with E-state index in [1.807, 2.05) is 27.3 Å². The van der Waals surface area contributed by atoms with Crippen molar-refractivity contribution in [1.82, 2.24) is 9.88 Å². The third-order valence-electron chi connectivity index (χ3n) is 5.17. The van der Waals surface area contributed by atoms with Gasteiger partial charge in [-0.1, -0.05) is 29.8 Å². The first kappa shape index (κ1) is 22.6. The van der Waals surface area contributed by atoms with Gasteiger partial charge in [0.15, 0.2) is 5.13 Å². The van der Waals surface area contributed by atoms with Crippen molar-refractivity contribution in [2.45, 2.75) is 6.18 Å². The SMILES string of the molecule is O=C(CN1CCN(c2cccc(C(F)(F)F)c2)CC1)Nc1nc(-c2ccc(Cl)cc2)cs1. The molecule has 1 saturated heterocycles. The number of thiazole rings is 1. The van der Waals surface area contributed by atoms with Gasteiger partial charge in [0.1, 0.15) is 0 Å². The van der Waals surface area contributed by atoms with Crippen molar-refractivity contribution < 1.29 is 18.0 Å². The molecule has 0 spiro atoms. The number of nitrogens with zero attached hydrogens (tertiary/aromatic N) is 3. The lowest BCUT2D eigenvalue weighted by Gasteiger charge is -2.35. The van der Waals surface area contributed by atoms with Gasteiger partial charge in [0.25, 0.3) is 0 Å². The van der Waals surface area contributed by atoms with Crippen LogP contribution in [0.15, 0.2) is 53.9 Å². The molecular weight excluding hydrogens is 461 g/mol. The molecule has 0 bridgehead atoms. The molecule has 1 aromatic heterocycles. The van der Waals surface area contributed by atoms with E-state index in [0.29, 0.717) is 42.0 Å². The van der Waals surface area contributed by atoms with Crippen LogP contribution in [-0.4, -0.2) is 48.5 Å². The first-order valence-corrected chi connectivity index (χ1v) is 11.2. The third kappa shape index (κ3) is 5.59. The predicted octanol–water partition coefficient (Wildman–Crippen LogP) is 5.24. The van der Waals surface area contributed by atoms with E-state index in [2.05, 4.69) is 10.3 Å². The van der Waals surface area contributed by atoms with Crippen molar-refractivity contribution in [2.24, 2.45) is 0 Å². The van der Waals surface area contributed by atoms with Gasteiger partial charge >= 0.3 is 6.18 Å². The highest BCUT2D eigenvalue weighted by Crippen LogP contribution is 2.32. The first-order valence-electron chi connectivity index (χ1n) is 9.94. The van der Waals surface area contributed by atoms with Crippen LogP contribution in [-0.2, 0) is 11.0 Å². The molecule has 32 heavy (non-hydrogen) atoms. The van der Waals surface area contributed by atoms with Crippen molar-refractivity contribution in [3.05, 3.63) is 64.5 Å². The Labute approximate surface area is 192 Å².